The molecule has 96 valence electrons. The molecule has 17 heavy (non-hydrogen) atoms. The first-order chi connectivity index (χ1) is 7.78. The van der Waals surface area contributed by atoms with Crippen molar-refractivity contribution in [3.05, 3.63) is 12.4 Å². The van der Waals surface area contributed by atoms with Gasteiger partial charge >= 0.3 is 0 Å². The maximum Gasteiger partial charge on any atom is 0.258 e. The van der Waals surface area contributed by atoms with Gasteiger partial charge in [-0.15, -0.1) is 0 Å². The van der Waals surface area contributed by atoms with Crippen LogP contribution in [0.3, 0.4) is 0 Å². The van der Waals surface area contributed by atoms with Crippen LogP contribution in [0.1, 0.15) is 40.7 Å². The summed E-state index contributed by atoms with van der Waals surface area (Å²) in [6, 6.07) is 0.288. The molecule has 1 aromatic heterocycles. The third-order valence-electron chi connectivity index (χ3n) is 1.99. The van der Waals surface area contributed by atoms with Gasteiger partial charge in [0.15, 0.2) is 12.4 Å². The Balaban J connectivity index is 2.42. The number of hydrogen-bond acceptors (Lipinski definition) is 3. The summed E-state index contributed by atoms with van der Waals surface area (Å²) < 4.78 is 7.14. The van der Waals surface area contributed by atoms with E-state index in [-0.39, 0.29) is 24.1 Å². The minimum Gasteiger partial charge on any atom is -0.480 e. The highest BCUT2D eigenvalue weighted by molar-refractivity contribution is 5.78. The van der Waals surface area contributed by atoms with Gasteiger partial charge in [0, 0.05) is 11.6 Å². The van der Waals surface area contributed by atoms with E-state index in [1.807, 2.05) is 34.6 Å². The first-order valence-electron chi connectivity index (χ1n) is 5.76. The fraction of sp³-hybridized carbons (Fsp3) is 0.667. The minimum absolute atomic E-state index is 0.0149. The van der Waals surface area contributed by atoms with Crippen LogP contribution in [0.4, 0.5) is 0 Å². The van der Waals surface area contributed by atoms with Crippen molar-refractivity contribution in [3.63, 3.8) is 0 Å². The van der Waals surface area contributed by atoms with Crippen LogP contribution in [0.25, 0.3) is 0 Å². The summed E-state index contributed by atoms with van der Waals surface area (Å²) in [6.45, 7) is 9.87. The number of ether oxygens (including phenoxy) is 1. The van der Waals surface area contributed by atoms with Gasteiger partial charge in [-0.2, -0.15) is 5.10 Å². The molecule has 0 unspecified atom stereocenters. The highest BCUT2D eigenvalue weighted by Gasteiger charge is 2.14. The standard InChI is InChI=1S/C12H21N3O2/c1-9(2)15-7-10(6-13-15)17-8-11(16)14-12(3,4)5/h6-7,9H,8H2,1-5H3,(H,14,16). The zero-order chi connectivity index (χ0) is 13.1. The van der Waals surface area contributed by atoms with E-state index < -0.39 is 0 Å². The molecule has 0 spiro atoms. The van der Waals surface area contributed by atoms with E-state index >= 15 is 0 Å². The zero-order valence-electron chi connectivity index (χ0n) is 11.2. The monoisotopic (exact) mass is 239 g/mol. The lowest BCUT2D eigenvalue weighted by atomic mass is 10.1. The number of rotatable bonds is 4. The molecular formula is C12H21N3O2. The van der Waals surface area contributed by atoms with Crippen molar-refractivity contribution in [1.29, 1.82) is 0 Å². The highest BCUT2D eigenvalue weighted by atomic mass is 16.5. The van der Waals surface area contributed by atoms with Gasteiger partial charge in [0.25, 0.3) is 5.91 Å². The molecule has 1 aromatic rings. The van der Waals surface area contributed by atoms with Gasteiger partial charge in [-0.25, -0.2) is 0 Å². The van der Waals surface area contributed by atoms with Gasteiger partial charge < -0.3 is 10.1 Å². The third-order valence-corrected chi connectivity index (χ3v) is 1.99. The van der Waals surface area contributed by atoms with Crippen molar-refractivity contribution in [2.24, 2.45) is 0 Å². The Hall–Kier alpha value is -1.52. The number of amides is 1. The van der Waals surface area contributed by atoms with Crippen LogP contribution in [-0.2, 0) is 4.79 Å². The van der Waals surface area contributed by atoms with Crippen LogP contribution in [-0.4, -0.2) is 27.8 Å². The van der Waals surface area contributed by atoms with Crippen molar-refractivity contribution in [2.75, 3.05) is 6.61 Å². The Morgan fingerprint density at radius 2 is 2.18 bits per heavy atom. The number of hydrogen-bond donors (Lipinski definition) is 1. The fourth-order valence-corrected chi connectivity index (χ4v) is 1.28. The van der Waals surface area contributed by atoms with Gasteiger partial charge in [-0.1, -0.05) is 0 Å². The van der Waals surface area contributed by atoms with Gasteiger partial charge in [-0.05, 0) is 34.6 Å². The molecule has 0 atom stereocenters. The molecule has 0 aromatic carbocycles. The van der Waals surface area contributed by atoms with E-state index in [4.69, 9.17) is 4.74 Å². The number of nitrogens with zero attached hydrogens (tertiary/aromatic N) is 2. The molecule has 5 heteroatoms. The molecule has 0 aliphatic heterocycles. The lowest BCUT2D eigenvalue weighted by Crippen LogP contribution is -2.43. The van der Waals surface area contributed by atoms with Crippen molar-refractivity contribution in [3.8, 4) is 5.75 Å². The topological polar surface area (TPSA) is 56.1 Å². The average molecular weight is 239 g/mol. The average Bonchev–Trinajstić information content (AvgIpc) is 2.60. The molecule has 0 saturated carbocycles. The van der Waals surface area contributed by atoms with E-state index in [1.54, 1.807) is 17.1 Å². The van der Waals surface area contributed by atoms with Gasteiger partial charge in [0.2, 0.25) is 0 Å². The summed E-state index contributed by atoms with van der Waals surface area (Å²) in [6.07, 6.45) is 3.40. The van der Waals surface area contributed by atoms with Crippen LogP contribution in [0.2, 0.25) is 0 Å². The number of carbonyl (C=O) groups excluding carboxylic acids is 1. The molecule has 0 bridgehead atoms. The van der Waals surface area contributed by atoms with E-state index in [1.165, 1.54) is 0 Å². The Morgan fingerprint density at radius 1 is 1.53 bits per heavy atom. The molecule has 0 fully saturated rings. The first kappa shape index (κ1) is 13.5. The second-order valence-electron chi connectivity index (χ2n) is 5.34. The van der Waals surface area contributed by atoms with Crippen LogP contribution in [0.5, 0.6) is 5.75 Å². The quantitative estimate of drug-likeness (QED) is 0.871. The van der Waals surface area contributed by atoms with Crippen LogP contribution < -0.4 is 10.1 Å². The van der Waals surface area contributed by atoms with E-state index in [0.717, 1.165) is 0 Å². The number of aromatic nitrogens is 2. The van der Waals surface area contributed by atoms with Gasteiger partial charge in [0.1, 0.15) is 0 Å². The van der Waals surface area contributed by atoms with Crippen molar-refractivity contribution in [2.45, 2.75) is 46.2 Å². The van der Waals surface area contributed by atoms with E-state index in [0.29, 0.717) is 5.75 Å². The highest BCUT2D eigenvalue weighted by Crippen LogP contribution is 2.12. The Morgan fingerprint density at radius 3 is 2.65 bits per heavy atom. The molecule has 1 heterocycles. The number of carbonyl (C=O) groups is 1. The summed E-state index contributed by atoms with van der Waals surface area (Å²) in [5, 5.41) is 6.96. The first-order valence-corrected chi connectivity index (χ1v) is 5.76. The molecule has 0 saturated heterocycles. The summed E-state index contributed by atoms with van der Waals surface area (Å²) in [5.41, 5.74) is -0.234. The van der Waals surface area contributed by atoms with E-state index in [2.05, 4.69) is 10.4 Å². The molecule has 0 aliphatic rings. The molecule has 1 N–H and O–H groups in total. The lowest BCUT2D eigenvalue weighted by molar-refractivity contribution is -0.124. The predicted molar refractivity (Wildman–Crippen MR) is 66.0 cm³/mol. The van der Waals surface area contributed by atoms with Crippen LogP contribution >= 0.6 is 0 Å². The van der Waals surface area contributed by atoms with Crippen molar-refractivity contribution < 1.29 is 9.53 Å². The Labute approximate surface area is 102 Å². The van der Waals surface area contributed by atoms with Crippen molar-refractivity contribution >= 4 is 5.91 Å². The molecule has 1 rings (SSSR count). The summed E-state index contributed by atoms with van der Waals surface area (Å²) in [5.74, 6) is 0.484. The molecule has 1 amide bonds. The smallest absolute Gasteiger partial charge is 0.258 e. The van der Waals surface area contributed by atoms with E-state index in [9.17, 15) is 4.79 Å². The Kier molecular flexibility index (Phi) is 4.15. The molecule has 5 nitrogen and oxygen atoms in total. The van der Waals surface area contributed by atoms with Crippen molar-refractivity contribution in [1.82, 2.24) is 15.1 Å². The molecule has 0 aliphatic carbocycles. The largest absolute Gasteiger partial charge is 0.480 e. The molecule has 0 radical (unpaired) electrons. The Bertz CT molecular complexity index is 377. The van der Waals surface area contributed by atoms with Crippen LogP contribution in [0.15, 0.2) is 12.4 Å². The summed E-state index contributed by atoms with van der Waals surface area (Å²) >= 11 is 0. The maximum absolute atomic E-state index is 11.5. The minimum atomic E-state index is -0.234. The lowest BCUT2D eigenvalue weighted by Gasteiger charge is -2.20. The number of nitrogens with one attached hydrogen (secondary N) is 1. The second-order valence-corrected chi connectivity index (χ2v) is 5.34. The summed E-state index contributed by atoms with van der Waals surface area (Å²) in [4.78, 5) is 11.5. The normalized spacial score (nSPS) is 11.6. The van der Waals surface area contributed by atoms with Gasteiger partial charge in [0.05, 0.1) is 12.4 Å². The zero-order valence-corrected chi connectivity index (χ0v) is 11.2. The predicted octanol–water partition coefficient (Wildman–Crippen LogP) is 1.76. The maximum atomic E-state index is 11.5. The fourth-order valence-electron chi connectivity index (χ4n) is 1.28. The SMILES string of the molecule is CC(C)n1cc(OCC(=O)NC(C)(C)C)cn1. The summed E-state index contributed by atoms with van der Waals surface area (Å²) in [7, 11) is 0. The van der Waals surface area contributed by atoms with Gasteiger partial charge in [-0.3, -0.25) is 9.48 Å². The second kappa shape index (κ2) is 5.21. The third kappa shape index (κ3) is 4.89. The van der Waals surface area contributed by atoms with Crippen LogP contribution in [0, 0.1) is 0 Å². The molecular weight excluding hydrogens is 218 g/mol.